The van der Waals surface area contributed by atoms with Crippen LogP contribution >= 0.6 is 0 Å². The monoisotopic (exact) mass is 442 g/mol. The number of anilines is 1. The molecular weight excluding hydrogens is 404 g/mol. The molecule has 1 fully saturated rings. The second-order valence-corrected chi connectivity index (χ2v) is 6.98. The van der Waals surface area contributed by atoms with Crippen LogP contribution in [0.25, 0.3) is 11.1 Å². The van der Waals surface area contributed by atoms with Crippen molar-refractivity contribution in [2.75, 3.05) is 25.0 Å². The molecule has 1 amide bonds. The fraction of sp³-hybridized carbons (Fsp3) is 0.462. The van der Waals surface area contributed by atoms with Gasteiger partial charge >= 0.3 is 12.1 Å². The Morgan fingerprint density at radius 3 is 2.19 bits per heavy atom. The molecule has 0 bridgehead atoms. The maximum Gasteiger partial charge on any atom is 0.411 e. The average molecular weight is 443 g/mol. The van der Waals surface area contributed by atoms with Crippen molar-refractivity contribution in [2.24, 2.45) is 0 Å². The molecule has 1 aliphatic rings. The van der Waals surface area contributed by atoms with Crippen LogP contribution in [0.3, 0.4) is 0 Å². The molecule has 0 saturated carbocycles. The predicted octanol–water partition coefficient (Wildman–Crippen LogP) is 6.28. The summed E-state index contributed by atoms with van der Waals surface area (Å²) in [7, 11) is 0. The normalized spacial score (nSPS) is 13.6. The summed E-state index contributed by atoms with van der Waals surface area (Å²) in [5, 5.41) is 11.6. The summed E-state index contributed by atoms with van der Waals surface area (Å²) >= 11 is 0. The number of nitrogens with zero attached hydrogens (tertiary/aromatic N) is 1. The molecular formula is C26H38N2O4. The van der Waals surface area contributed by atoms with Crippen molar-refractivity contribution in [1.29, 1.82) is 0 Å². The molecule has 1 saturated heterocycles. The molecule has 6 heteroatoms. The number of benzene rings is 2. The smallest absolute Gasteiger partial charge is 0.411 e. The van der Waals surface area contributed by atoms with Gasteiger partial charge < -0.3 is 14.7 Å². The molecule has 6 nitrogen and oxygen atoms in total. The Morgan fingerprint density at radius 1 is 0.969 bits per heavy atom. The second-order valence-electron chi connectivity index (χ2n) is 6.98. The number of hydrogen-bond acceptors (Lipinski definition) is 4. The minimum atomic E-state index is -0.759. The molecule has 3 rings (SSSR count). The molecule has 1 heterocycles. The van der Waals surface area contributed by atoms with Gasteiger partial charge in [0, 0.05) is 25.1 Å². The molecule has 2 aromatic rings. The summed E-state index contributed by atoms with van der Waals surface area (Å²) in [5.74, 6) is -0.759. The van der Waals surface area contributed by atoms with Crippen LogP contribution in [0.15, 0.2) is 54.6 Å². The van der Waals surface area contributed by atoms with Crippen LogP contribution in [0, 0.1) is 0 Å². The van der Waals surface area contributed by atoms with Gasteiger partial charge in [-0.25, -0.2) is 4.79 Å². The van der Waals surface area contributed by atoms with E-state index in [0.717, 1.165) is 49.3 Å². The van der Waals surface area contributed by atoms with Gasteiger partial charge in [0.25, 0.3) is 0 Å². The van der Waals surface area contributed by atoms with Crippen LogP contribution in [0.5, 0.6) is 0 Å². The van der Waals surface area contributed by atoms with E-state index in [1.807, 2.05) is 82.3 Å². The molecule has 0 unspecified atom stereocenters. The summed E-state index contributed by atoms with van der Waals surface area (Å²) in [5.41, 5.74) is 2.71. The number of rotatable bonds is 7. The summed E-state index contributed by atoms with van der Waals surface area (Å²) in [6.07, 6.45) is 1.83. The van der Waals surface area contributed by atoms with E-state index in [0.29, 0.717) is 6.42 Å². The zero-order valence-corrected chi connectivity index (χ0v) is 19.8. The highest BCUT2D eigenvalue weighted by atomic mass is 16.6. The first kappa shape index (κ1) is 27.2. The van der Waals surface area contributed by atoms with E-state index in [1.54, 1.807) is 0 Å². The van der Waals surface area contributed by atoms with Gasteiger partial charge in [-0.15, -0.1) is 0 Å². The quantitative estimate of drug-likeness (QED) is 0.527. The number of piperidine rings is 1. The minimum absolute atomic E-state index is 0.111. The summed E-state index contributed by atoms with van der Waals surface area (Å²) < 4.78 is 5.61. The predicted molar refractivity (Wildman–Crippen MR) is 131 cm³/mol. The van der Waals surface area contributed by atoms with Crippen molar-refractivity contribution in [3.8, 4) is 11.1 Å². The van der Waals surface area contributed by atoms with E-state index in [2.05, 4.69) is 10.2 Å². The van der Waals surface area contributed by atoms with Crippen molar-refractivity contribution in [1.82, 2.24) is 4.90 Å². The SMILES string of the molecule is CC.CC.O=C(O)CCCN1CCC(OC(=O)Nc2ccccc2-c2ccccc2)CC1. The zero-order valence-electron chi connectivity index (χ0n) is 19.8. The van der Waals surface area contributed by atoms with E-state index in [9.17, 15) is 9.59 Å². The Hall–Kier alpha value is -2.86. The first-order chi connectivity index (χ1) is 15.6. The van der Waals surface area contributed by atoms with Gasteiger partial charge in [-0.05, 0) is 37.4 Å². The number of likely N-dealkylation sites (tertiary alicyclic amines) is 1. The van der Waals surface area contributed by atoms with Crippen molar-refractivity contribution in [3.63, 3.8) is 0 Å². The molecule has 0 aliphatic carbocycles. The summed E-state index contributed by atoms with van der Waals surface area (Å²) in [6, 6.07) is 17.6. The number of carboxylic acids is 1. The van der Waals surface area contributed by atoms with E-state index >= 15 is 0 Å². The maximum absolute atomic E-state index is 12.4. The van der Waals surface area contributed by atoms with Gasteiger partial charge in [-0.2, -0.15) is 0 Å². The third-order valence-electron chi connectivity index (χ3n) is 4.92. The fourth-order valence-electron chi connectivity index (χ4n) is 3.46. The summed E-state index contributed by atoms with van der Waals surface area (Å²) in [4.78, 5) is 25.2. The third kappa shape index (κ3) is 9.52. The van der Waals surface area contributed by atoms with Crippen molar-refractivity contribution < 1.29 is 19.4 Å². The van der Waals surface area contributed by atoms with Crippen LogP contribution in [-0.2, 0) is 9.53 Å². The molecule has 0 aromatic heterocycles. The van der Waals surface area contributed by atoms with Crippen LogP contribution in [-0.4, -0.2) is 47.8 Å². The van der Waals surface area contributed by atoms with Crippen LogP contribution in [0.4, 0.5) is 10.5 Å². The van der Waals surface area contributed by atoms with Gasteiger partial charge in [0.15, 0.2) is 0 Å². The lowest BCUT2D eigenvalue weighted by Crippen LogP contribution is -2.39. The highest BCUT2D eigenvalue weighted by molar-refractivity contribution is 5.91. The van der Waals surface area contributed by atoms with Crippen molar-refractivity contribution in [3.05, 3.63) is 54.6 Å². The lowest BCUT2D eigenvalue weighted by molar-refractivity contribution is -0.137. The topological polar surface area (TPSA) is 78.9 Å². The van der Waals surface area contributed by atoms with Gasteiger partial charge in [0.05, 0.1) is 5.69 Å². The Kier molecular flexibility index (Phi) is 13.5. The van der Waals surface area contributed by atoms with E-state index < -0.39 is 12.1 Å². The first-order valence-electron chi connectivity index (χ1n) is 11.7. The van der Waals surface area contributed by atoms with E-state index in [4.69, 9.17) is 9.84 Å². The molecule has 2 aromatic carbocycles. The number of aliphatic carboxylic acids is 1. The molecule has 0 atom stereocenters. The fourth-order valence-corrected chi connectivity index (χ4v) is 3.46. The first-order valence-corrected chi connectivity index (χ1v) is 11.7. The Bertz CT molecular complexity index is 787. The molecule has 176 valence electrons. The van der Waals surface area contributed by atoms with Crippen molar-refractivity contribution in [2.45, 2.75) is 59.5 Å². The van der Waals surface area contributed by atoms with Crippen LogP contribution < -0.4 is 5.32 Å². The third-order valence-corrected chi connectivity index (χ3v) is 4.92. The zero-order chi connectivity index (χ0) is 23.8. The Balaban J connectivity index is 0.00000121. The Labute approximate surface area is 192 Å². The Morgan fingerprint density at radius 2 is 1.56 bits per heavy atom. The van der Waals surface area contributed by atoms with Gasteiger partial charge in [0.2, 0.25) is 0 Å². The number of amides is 1. The lowest BCUT2D eigenvalue weighted by Gasteiger charge is -2.31. The van der Waals surface area contributed by atoms with E-state index in [-0.39, 0.29) is 12.5 Å². The van der Waals surface area contributed by atoms with Crippen molar-refractivity contribution >= 4 is 17.7 Å². The molecule has 0 radical (unpaired) electrons. The molecule has 32 heavy (non-hydrogen) atoms. The number of carbonyl (C=O) groups is 2. The maximum atomic E-state index is 12.4. The standard InChI is InChI=1S/C22H26N2O4.2C2H6/c25-21(26)11-6-14-24-15-12-18(13-16-24)28-22(27)23-20-10-5-4-9-19(20)17-7-2-1-3-8-17;2*1-2/h1-5,7-10,18H,6,11-16H2,(H,23,27)(H,25,26);2*1-2H3. The second kappa shape index (κ2) is 15.9. The van der Waals surface area contributed by atoms with Crippen LogP contribution in [0.2, 0.25) is 0 Å². The largest absolute Gasteiger partial charge is 0.481 e. The average Bonchev–Trinajstić information content (AvgIpc) is 2.83. The van der Waals surface area contributed by atoms with Crippen LogP contribution in [0.1, 0.15) is 53.4 Å². The van der Waals surface area contributed by atoms with Gasteiger partial charge in [-0.3, -0.25) is 10.1 Å². The van der Waals surface area contributed by atoms with E-state index in [1.165, 1.54) is 0 Å². The number of para-hydroxylation sites is 1. The number of carbonyl (C=O) groups excluding carboxylic acids is 1. The highest BCUT2D eigenvalue weighted by Gasteiger charge is 2.22. The molecule has 0 spiro atoms. The lowest BCUT2D eigenvalue weighted by atomic mass is 10.0. The van der Waals surface area contributed by atoms with Gasteiger partial charge in [0.1, 0.15) is 6.10 Å². The number of ether oxygens (including phenoxy) is 1. The number of nitrogens with one attached hydrogen (secondary N) is 1. The summed E-state index contributed by atoms with van der Waals surface area (Å²) in [6.45, 7) is 10.4. The minimum Gasteiger partial charge on any atom is -0.481 e. The molecule has 2 N–H and O–H groups in total. The molecule has 1 aliphatic heterocycles. The highest BCUT2D eigenvalue weighted by Crippen LogP contribution is 2.28. The number of hydrogen-bond donors (Lipinski definition) is 2. The van der Waals surface area contributed by atoms with Gasteiger partial charge in [-0.1, -0.05) is 76.2 Å². The number of carboxylic acid groups (broad SMARTS) is 1.